The van der Waals surface area contributed by atoms with Gasteiger partial charge in [-0.2, -0.15) is 0 Å². The molecule has 1 amide bonds. The number of ether oxygens (including phenoxy) is 1. The smallest absolute Gasteiger partial charge is 0.261 e. The third-order valence-electron chi connectivity index (χ3n) is 2.88. The number of rotatable bonds is 4. The van der Waals surface area contributed by atoms with Gasteiger partial charge < -0.3 is 15.4 Å². The lowest BCUT2D eigenvalue weighted by Gasteiger charge is -2.17. The Bertz CT molecular complexity index is 425. The first kappa shape index (κ1) is 15.7. The van der Waals surface area contributed by atoms with Gasteiger partial charge >= 0.3 is 0 Å². The third-order valence-corrected chi connectivity index (χ3v) is 2.88. The molecule has 4 nitrogen and oxygen atoms in total. The summed E-state index contributed by atoms with van der Waals surface area (Å²) >= 11 is 0. The van der Waals surface area contributed by atoms with Crippen LogP contribution in [-0.2, 0) is 4.79 Å². The van der Waals surface area contributed by atoms with Crippen LogP contribution in [0.1, 0.15) is 13.3 Å². The van der Waals surface area contributed by atoms with Gasteiger partial charge in [0, 0.05) is 18.7 Å². The second-order valence-electron chi connectivity index (χ2n) is 4.42. The largest absolute Gasteiger partial charge is 0.481 e. The van der Waals surface area contributed by atoms with Gasteiger partial charge in [-0.15, -0.1) is 12.4 Å². The van der Waals surface area contributed by atoms with Crippen LogP contribution in [-0.4, -0.2) is 31.1 Å². The van der Waals surface area contributed by atoms with Gasteiger partial charge in [0.2, 0.25) is 0 Å². The molecule has 2 atom stereocenters. The summed E-state index contributed by atoms with van der Waals surface area (Å²) in [6.45, 7) is 3.37. The molecule has 0 aromatic heterocycles. The first-order valence-electron chi connectivity index (χ1n) is 6.08. The zero-order valence-electron chi connectivity index (χ0n) is 10.7. The zero-order valence-corrected chi connectivity index (χ0v) is 11.5. The van der Waals surface area contributed by atoms with Crippen LogP contribution in [0, 0.1) is 5.82 Å². The molecular formula is C13H18ClFN2O2. The molecule has 19 heavy (non-hydrogen) atoms. The highest BCUT2D eigenvalue weighted by Crippen LogP contribution is 2.14. The minimum atomic E-state index is -0.632. The topological polar surface area (TPSA) is 50.4 Å². The molecule has 2 N–H and O–H groups in total. The van der Waals surface area contributed by atoms with Gasteiger partial charge in [-0.3, -0.25) is 4.79 Å². The molecule has 0 saturated carbocycles. The van der Waals surface area contributed by atoms with Crippen molar-refractivity contribution in [1.82, 2.24) is 10.6 Å². The molecule has 6 heteroatoms. The lowest BCUT2D eigenvalue weighted by atomic mass is 10.2. The predicted molar refractivity (Wildman–Crippen MR) is 73.2 cm³/mol. The number of carbonyl (C=O) groups is 1. The van der Waals surface area contributed by atoms with Crippen LogP contribution in [0.5, 0.6) is 5.75 Å². The van der Waals surface area contributed by atoms with Crippen LogP contribution in [0.25, 0.3) is 0 Å². The predicted octanol–water partition coefficient (Wildman–Crippen LogP) is 1.49. The van der Waals surface area contributed by atoms with E-state index in [0.717, 1.165) is 19.5 Å². The standard InChI is InChI=1S/C13H17FN2O2.ClH/c1-9(13(17)16-11-5-6-15-8-11)18-12-4-2-3-10(14)7-12;/h2-4,7,9,11,15H,5-6,8H2,1H3,(H,16,17);1H. The van der Waals surface area contributed by atoms with E-state index in [0.29, 0.717) is 5.75 Å². The normalized spacial score (nSPS) is 19.4. The molecule has 1 saturated heterocycles. The number of hydrogen-bond acceptors (Lipinski definition) is 3. The highest BCUT2D eigenvalue weighted by Gasteiger charge is 2.21. The van der Waals surface area contributed by atoms with Crippen molar-refractivity contribution in [3.63, 3.8) is 0 Å². The summed E-state index contributed by atoms with van der Waals surface area (Å²) in [4.78, 5) is 11.8. The summed E-state index contributed by atoms with van der Waals surface area (Å²) in [5.74, 6) is -0.185. The summed E-state index contributed by atoms with van der Waals surface area (Å²) in [6, 6.07) is 5.94. The molecule has 0 radical (unpaired) electrons. The second-order valence-corrected chi connectivity index (χ2v) is 4.42. The molecule has 1 aromatic rings. The van der Waals surface area contributed by atoms with Gasteiger partial charge in [0.25, 0.3) is 5.91 Å². The van der Waals surface area contributed by atoms with E-state index in [1.54, 1.807) is 19.1 Å². The fourth-order valence-corrected chi connectivity index (χ4v) is 1.89. The fraction of sp³-hybridized carbons (Fsp3) is 0.462. The summed E-state index contributed by atoms with van der Waals surface area (Å²) in [7, 11) is 0. The van der Waals surface area contributed by atoms with E-state index < -0.39 is 6.10 Å². The molecular weight excluding hydrogens is 271 g/mol. The maximum absolute atomic E-state index is 13.0. The Morgan fingerprint density at radius 1 is 1.58 bits per heavy atom. The van der Waals surface area contributed by atoms with Gasteiger partial charge in [0.1, 0.15) is 11.6 Å². The van der Waals surface area contributed by atoms with E-state index >= 15 is 0 Å². The molecule has 2 rings (SSSR count). The summed E-state index contributed by atoms with van der Waals surface area (Å²) in [5.41, 5.74) is 0. The fourth-order valence-electron chi connectivity index (χ4n) is 1.89. The molecule has 2 unspecified atom stereocenters. The number of carbonyl (C=O) groups excluding carboxylic acids is 1. The summed E-state index contributed by atoms with van der Waals surface area (Å²) < 4.78 is 18.4. The van der Waals surface area contributed by atoms with Crippen molar-refractivity contribution >= 4 is 18.3 Å². The minimum Gasteiger partial charge on any atom is -0.481 e. The van der Waals surface area contributed by atoms with Gasteiger partial charge in [-0.05, 0) is 32.0 Å². The van der Waals surface area contributed by atoms with E-state index in [1.807, 2.05) is 0 Å². The van der Waals surface area contributed by atoms with Crippen molar-refractivity contribution in [2.75, 3.05) is 13.1 Å². The lowest BCUT2D eigenvalue weighted by Crippen LogP contribution is -2.43. The molecule has 1 heterocycles. The quantitative estimate of drug-likeness (QED) is 0.883. The maximum atomic E-state index is 13.0. The highest BCUT2D eigenvalue weighted by molar-refractivity contribution is 5.85. The van der Waals surface area contributed by atoms with Crippen LogP contribution in [0.2, 0.25) is 0 Å². The average molecular weight is 289 g/mol. The number of nitrogens with one attached hydrogen (secondary N) is 2. The molecule has 1 aliphatic heterocycles. The number of benzene rings is 1. The van der Waals surface area contributed by atoms with Gasteiger partial charge in [0.05, 0.1) is 0 Å². The van der Waals surface area contributed by atoms with E-state index in [9.17, 15) is 9.18 Å². The molecule has 1 aromatic carbocycles. The van der Waals surface area contributed by atoms with Crippen molar-refractivity contribution in [2.45, 2.75) is 25.5 Å². The first-order chi connectivity index (χ1) is 8.65. The summed E-state index contributed by atoms with van der Waals surface area (Å²) in [5, 5.41) is 6.06. The average Bonchev–Trinajstić information content (AvgIpc) is 2.81. The van der Waals surface area contributed by atoms with Crippen LogP contribution in [0.4, 0.5) is 4.39 Å². The van der Waals surface area contributed by atoms with E-state index in [2.05, 4.69) is 10.6 Å². The van der Waals surface area contributed by atoms with Crippen LogP contribution in [0.15, 0.2) is 24.3 Å². The molecule has 1 fully saturated rings. The minimum absolute atomic E-state index is 0. The van der Waals surface area contributed by atoms with Crippen molar-refractivity contribution in [1.29, 1.82) is 0 Å². The van der Waals surface area contributed by atoms with E-state index in [1.165, 1.54) is 12.1 Å². The first-order valence-corrected chi connectivity index (χ1v) is 6.08. The molecule has 0 bridgehead atoms. The summed E-state index contributed by atoms with van der Waals surface area (Å²) in [6.07, 6.45) is 0.297. The lowest BCUT2D eigenvalue weighted by molar-refractivity contribution is -0.127. The van der Waals surface area contributed by atoms with Crippen molar-refractivity contribution < 1.29 is 13.9 Å². The zero-order chi connectivity index (χ0) is 13.0. The van der Waals surface area contributed by atoms with Crippen molar-refractivity contribution in [3.05, 3.63) is 30.1 Å². The Morgan fingerprint density at radius 3 is 3.00 bits per heavy atom. The van der Waals surface area contributed by atoms with Gasteiger partial charge in [0.15, 0.2) is 6.10 Å². The molecule has 0 aliphatic carbocycles. The van der Waals surface area contributed by atoms with Gasteiger partial charge in [-0.1, -0.05) is 6.07 Å². The molecule has 1 aliphatic rings. The SMILES string of the molecule is CC(Oc1cccc(F)c1)C(=O)NC1CCNC1.Cl. The van der Waals surface area contributed by atoms with Crippen LogP contribution in [0.3, 0.4) is 0 Å². The Hall–Kier alpha value is -1.33. The molecule has 106 valence electrons. The number of hydrogen-bond donors (Lipinski definition) is 2. The monoisotopic (exact) mass is 288 g/mol. The third kappa shape index (κ3) is 4.69. The van der Waals surface area contributed by atoms with Crippen LogP contribution < -0.4 is 15.4 Å². The number of halogens is 2. The second kappa shape index (κ2) is 7.31. The van der Waals surface area contributed by atoms with Gasteiger partial charge in [-0.25, -0.2) is 4.39 Å². The Balaban J connectivity index is 0.00000180. The number of amides is 1. The van der Waals surface area contributed by atoms with Crippen LogP contribution >= 0.6 is 12.4 Å². The van der Waals surface area contributed by atoms with E-state index in [-0.39, 0.29) is 30.2 Å². The van der Waals surface area contributed by atoms with Crippen molar-refractivity contribution in [3.8, 4) is 5.75 Å². The Kier molecular flexibility index (Phi) is 6.05. The maximum Gasteiger partial charge on any atom is 0.261 e. The highest BCUT2D eigenvalue weighted by atomic mass is 35.5. The van der Waals surface area contributed by atoms with E-state index in [4.69, 9.17) is 4.74 Å². The van der Waals surface area contributed by atoms with Crippen molar-refractivity contribution in [2.24, 2.45) is 0 Å². The Labute approximate surface area is 118 Å². The molecule has 0 spiro atoms. The Morgan fingerprint density at radius 2 is 2.37 bits per heavy atom.